The van der Waals surface area contributed by atoms with E-state index >= 15 is 0 Å². The number of sulfonamides is 1. The topological polar surface area (TPSA) is 81.0 Å². The first-order valence-corrected chi connectivity index (χ1v) is 11.4. The van der Waals surface area contributed by atoms with E-state index in [1.807, 2.05) is 6.92 Å². The number of halogens is 1. The van der Waals surface area contributed by atoms with E-state index < -0.39 is 10.0 Å². The Hall–Kier alpha value is -2.65. The fourth-order valence-electron chi connectivity index (χ4n) is 4.08. The molecule has 0 spiro atoms. The lowest BCUT2D eigenvalue weighted by molar-refractivity contribution is 0.311. The quantitative estimate of drug-likeness (QED) is 0.601. The molecule has 0 aliphatic carbocycles. The molecule has 0 N–H and O–H groups in total. The summed E-state index contributed by atoms with van der Waals surface area (Å²) in [5.41, 5.74) is 1.80. The monoisotopic (exact) mass is 429 g/mol. The second kappa shape index (κ2) is 8.23. The Morgan fingerprint density at radius 3 is 2.40 bits per heavy atom. The van der Waals surface area contributed by atoms with Crippen molar-refractivity contribution in [1.29, 1.82) is 0 Å². The molecule has 3 aromatic rings. The van der Waals surface area contributed by atoms with Crippen molar-refractivity contribution in [3.63, 3.8) is 0 Å². The molecule has 4 rings (SSSR count). The second-order valence-corrected chi connectivity index (χ2v) is 9.55. The Morgan fingerprint density at radius 2 is 1.77 bits per heavy atom. The molecule has 1 saturated heterocycles. The van der Waals surface area contributed by atoms with Crippen LogP contribution in [0.2, 0.25) is 0 Å². The van der Waals surface area contributed by atoms with Gasteiger partial charge in [0.15, 0.2) is 5.82 Å². The first-order valence-electron chi connectivity index (χ1n) is 9.93. The highest BCUT2D eigenvalue weighted by Crippen LogP contribution is 2.42. The van der Waals surface area contributed by atoms with Crippen LogP contribution in [0.4, 0.5) is 4.39 Å². The van der Waals surface area contributed by atoms with Gasteiger partial charge in [-0.05, 0) is 66.4 Å². The third-order valence-electron chi connectivity index (χ3n) is 5.70. The number of aryl methyl sites for hydroxylation is 3. The summed E-state index contributed by atoms with van der Waals surface area (Å²) in [7, 11) is -1.96. The van der Waals surface area contributed by atoms with Gasteiger partial charge in [0.2, 0.25) is 10.0 Å². The molecule has 2 aromatic carbocycles. The van der Waals surface area contributed by atoms with Crippen molar-refractivity contribution in [3.05, 3.63) is 71.3 Å². The summed E-state index contributed by atoms with van der Waals surface area (Å²) in [6.45, 7) is 1.92. The number of benzene rings is 2. The van der Waals surface area contributed by atoms with E-state index in [9.17, 15) is 12.8 Å². The minimum absolute atomic E-state index is 0.192. The van der Waals surface area contributed by atoms with Gasteiger partial charge in [0, 0.05) is 19.5 Å². The van der Waals surface area contributed by atoms with Gasteiger partial charge < -0.3 is 0 Å². The number of rotatable bonds is 6. The molecule has 0 amide bonds. The normalized spacial score (nSPS) is 20.0. The van der Waals surface area contributed by atoms with E-state index in [1.165, 1.54) is 12.1 Å². The number of aromatic nitrogens is 4. The molecule has 1 fully saturated rings. The van der Waals surface area contributed by atoms with Crippen molar-refractivity contribution >= 4 is 10.0 Å². The summed E-state index contributed by atoms with van der Waals surface area (Å²) >= 11 is 0. The molecule has 0 unspecified atom stereocenters. The molecule has 1 aliphatic rings. The van der Waals surface area contributed by atoms with Crippen LogP contribution in [0, 0.1) is 12.7 Å². The van der Waals surface area contributed by atoms with E-state index in [4.69, 9.17) is 0 Å². The molecular weight excluding hydrogens is 405 g/mol. The number of nitrogens with zero attached hydrogens (tertiary/aromatic N) is 5. The maximum Gasteiger partial charge on any atom is 0.243 e. The molecule has 30 heavy (non-hydrogen) atoms. The molecular formula is C21H24FN5O2S. The highest BCUT2D eigenvalue weighted by molar-refractivity contribution is 7.89. The van der Waals surface area contributed by atoms with Crippen LogP contribution in [0.25, 0.3) is 0 Å². The van der Waals surface area contributed by atoms with E-state index in [1.54, 1.807) is 52.4 Å². The van der Waals surface area contributed by atoms with Crippen LogP contribution in [0.5, 0.6) is 0 Å². The van der Waals surface area contributed by atoms with E-state index in [0.717, 1.165) is 17.5 Å². The zero-order valence-electron chi connectivity index (χ0n) is 16.9. The zero-order chi connectivity index (χ0) is 21.3. The van der Waals surface area contributed by atoms with Gasteiger partial charge in [0.25, 0.3) is 0 Å². The summed E-state index contributed by atoms with van der Waals surface area (Å²) in [5.74, 6) is 0.379. The summed E-state index contributed by atoms with van der Waals surface area (Å²) < 4.78 is 43.9. The van der Waals surface area contributed by atoms with Gasteiger partial charge in [-0.25, -0.2) is 17.5 Å². The maximum atomic E-state index is 13.6. The average Bonchev–Trinajstić information content (AvgIpc) is 3.33. The van der Waals surface area contributed by atoms with Crippen molar-refractivity contribution in [1.82, 2.24) is 24.5 Å². The van der Waals surface area contributed by atoms with Crippen LogP contribution in [-0.2, 0) is 23.5 Å². The first kappa shape index (κ1) is 20.6. The highest BCUT2D eigenvalue weighted by atomic mass is 32.2. The maximum absolute atomic E-state index is 13.6. The zero-order valence-corrected chi connectivity index (χ0v) is 17.8. The lowest BCUT2D eigenvalue weighted by Crippen LogP contribution is -2.37. The van der Waals surface area contributed by atoms with Gasteiger partial charge in [-0.2, -0.15) is 4.31 Å². The van der Waals surface area contributed by atoms with Gasteiger partial charge in [-0.1, -0.05) is 29.8 Å². The van der Waals surface area contributed by atoms with Crippen LogP contribution in [0.15, 0.2) is 53.4 Å². The predicted molar refractivity (Wildman–Crippen MR) is 109 cm³/mol. The molecule has 2 atom stereocenters. The second-order valence-electron chi connectivity index (χ2n) is 7.70. The number of tetrazole rings is 1. The van der Waals surface area contributed by atoms with E-state index in [2.05, 4.69) is 15.5 Å². The predicted octanol–water partition coefficient (Wildman–Crippen LogP) is 3.18. The van der Waals surface area contributed by atoms with Crippen molar-refractivity contribution in [2.75, 3.05) is 0 Å². The van der Waals surface area contributed by atoms with Crippen molar-refractivity contribution in [2.45, 2.75) is 49.6 Å². The standard InChI is InChI=1S/C21H24FN5O2S/c1-15-3-11-19(12-4-15)30(28,29)27-18(10-14-21-23-24-25-26(21)2)9-13-20(27)16-5-7-17(22)8-6-16/h3-8,11-12,18,20H,9-10,13-14H2,1-2H3/t18-,20+/m0/s1. The molecule has 1 aromatic heterocycles. The van der Waals surface area contributed by atoms with E-state index in [0.29, 0.717) is 25.1 Å². The van der Waals surface area contributed by atoms with E-state index in [-0.39, 0.29) is 22.8 Å². The van der Waals surface area contributed by atoms with Gasteiger partial charge in [-0.3, -0.25) is 0 Å². The van der Waals surface area contributed by atoms with Gasteiger partial charge >= 0.3 is 0 Å². The van der Waals surface area contributed by atoms with Crippen molar-refractivity contribution in [3.8, 4) is 0 Å². The minimum Gasteiger partial charge on any atom is -0.233 e. The molecule has 0 bridgehead atoms. The Balaban J connectivity index is 1.68. The largest absolute Gasteiger partial charge is 0.243 e. The minimum atomic E-state index is -3.73. The Morgan fingerprint density at radius 1 is 1.07 bits per heavy atom. The van der Waals surface area contributed by atoms with Crippen LogP contribution < -0.4 is 0 Å². The van der Waals surface area contributed by atoms with Crippen LogP contribution in [0.3, 0.4) is 0 Å². The van der Waals surface area contributed by atoms with Gasteiger partial charge in [0.1, 0.15) is 5.82 Å². The summed E-state index contributed by atoms with van der Waals surface area (Å²) in [6.07, 6.45) is 2.58. The molecule has 1 aliphatic heterocycles. The lowest BCUT2D eigenvalue weighted by atomic mass is 10.0. The number of hydrogen-bond donors (Lipinski definition) is 0. The highest BCUT2D eigenvalue weighted by Gasteiger charge is 2.42. The molecule has 7 nitrogen and oxygen atoms in total. The SMILES string of the molecule is Cc1ccc(S(=O)(=O)N2[C@H](CCc3nnnn3C)CC[C@@H]2c2ccc(F)cc2)cc1. The number of hydrogen-bond acceptors (Lipinski definition) is 5. The lowest BCUT2D eigenvalue weighted by Gasteiger charge is -2.30. The molecule has 158 valence electrons. The average molecular weight is 430 g/mol. The Kier molecular flexibility index (Phi) is 5.66. The smallest absolute Gasteiger partial charge is 0.233 e. The first-order chi connectivity index (χ1) is 14.4. The molecule has 0 radical (unpaired) electrons. The molecule has 9 heteroatoms. The fraction of sp³-hybridized carbons (Fsp3) is 0.381. The van der Waals surface area contributed by atoms with Crippen LogP contribution in [-0.4, -0.2) is 39.0 Å². The third-order valence-corrected chi connectivity index (χ3v) is 7.68. The van der Waals surface area contributed by atoms with Crippen molar-refractivity contribution in [2.24, 2.45) is 7.05 Å². The van der Waals surface area contributed by atoms with Crippen LogP contribution >= 0.6 is 0 Å². The van der Waals surface area contributed by atoms with Gasteiger partial charge in [-0.15, -0.1) is 5.10 Å². The summed E-state index contributed by atoms with van der Waals surface area (Å²) in [4.78, 5) is 0.271. The molecule has 0 saturated carbocycles. The van der Waals surface area contributed by atoms with Crippen LogP contribution in [0.1, 0.15) is 42.3 Å². The van der Waals surface area contributed by atoms with Gasteiger partial charge in [0.05, 0.1) is 10.9 Å². The fourth-order valence-corrected chi connectivity index (χ4v) is 5.97. The Labute approximate surface area is 175 Å². The molecule has 2 heterocycles. The summed E-state index contributed by atoms with van der Waals surface area (Å²) in [5, 5.41) is 11.5. The summed E-state index contributed by atoms with van der Waals surface area (Å²) in [6, 6.07) is 12.5. The van der Waals surface area contributed by atoms with Crippen molar-refractivity contribution < 1.29 is 12.8 Å². The Bertz CT molecular complexity index is 1110. The third kappa shape index (κ3) is 3.99.